The molecule has 8 heteroatoms. The van der Waals surface area contributed by atoms with Gasteiger partial charge in [-0.15, -0.1) is 11.3 Å². The summed E-state index contributed by atoms with van der Waals surface area (Å²) in [5.74, 6) is -0.0873. The Labute approximate surface area is 183 Å². The van der Waals surface area contributed by atoms with Crippen LogP contribution < -0.4 is 10.2 Å². The first kappa shape index (κ1) is 21.1. The lowest BCUT2D eigenvalue weighted by molar-refractivity contribution is -0.118. The van der Waals surface area contributed by atoms with Crippen LogP contribution in [0.25, 0.3) is 10.2 Å². The Bertz CT molecular complexity index is 999. The monoisotopic (exact) mass is 445 g/mol. The summed E-state index contributed by atoms with van der Waals surface area (Å²) in [6.07, 6.45) is 0.139. The zero-order valence-electron chi connectivity index (χ0n) is 16.9. The van der Waals surface area contributed by atoms with E-state index in [0.29, 0.717) is 25.3 Å². The van der Waals surface area contributed by atoms with Gasteiger partial charge in [0, 0.05) is 19.6 Å². The third-order valence-electron chi connectivity index (χ3n) is 4.86. The molecule has 30 heavy (non-hydrogen) atoms. The molecular formula is C22H24FN3O2S2. The van der Waals surface area contributed by atoms with Crippen molar-refractivity contribution in [3.05, 3.63) is 53.8 Å². The van der Waals surface area contributed by atoms with Gasteiger partial charge in [0.1, 0.15) is 5.82 Å². The van der Waals surface area contributed by atoms with Crippen LogP contribution in [-0.4, -0.2) is 41.9 Å². The molecule has 0 spiro atoms. The maximum absolute atomic E-state index is 14.7. The Morgan fingerprint density at radius 2 is 2.03 bits per heavy atom. The van der Waals surface area contributed by atoms with Crippen molar-refractivity contribution >= 4 is 44.9 Å². The molecule has 2 aromatic carbocycles. The number of morpholine rings is 1. The summed E-state index contributed by atoms with van der Waals surface area (Å²) in [7, 11) is 0. The molecule has 1 aliphatic heterocycles. The lowest BCUT2D eigenvalue weighted by atomic mass is 10.1. The number of halogens is 1. The number of para-hydroxylation sites is 1. The predicted molar refractivity (Wildman–Crippen MR) is 121 cm³/mol. The number of rotatable bonds is 6. The van der Waals surface area contributed by atoms with Gasteiger partial charge < -0.3 is 15.0 Å². The number of nitrogens with one attached hydrogen (secondary N) is 1. The molecule has 2 heterocycles. The van der Waals surface area contributed by atoms with Crippen molar-refractivity contribution in [1.29, 1.82) is 0 Å². The number of anilines is 1. The highest BCUT2D eigenvalue weighted by Gasteiger charge is 2.24. The third kappa shape index (κ3) is 5.11. The highest BCUT2D eigenvalue weighted by molar-refractivity contribution is 8.01. The molecule has 1 aromatic heterocycles. The van der Waals surface area contributed by atoms with Gasteiger partial charge in [-0.3, -0.25) is 4.79 Å². The first-order valence-corrected chi connectivity index (χ1v) is 11.7. The summed E-state index contributed by atoms with van der Waals surface area (Å²) in [5.41, 5.74) is 2.27. The summed E-state index contributed by atoms with van der Waals surface area (Å²) < 4.78 is 22.4. The van der Waals surface area contributed by atoms with E-state index in [1.807, 2.05) is 49.1 Å². The van der Waals surface area contributed by atoms with Gasteiger partial charge in [0.2, 0.25) is 5.91 Å². The molecule has 5 nitrogen and oxygen atoms in total. The van der Waals surface area contributed by atoms with E-state index in [1.54, 1.807) is 17.4 Å². The van der Waals surface area contributed by atoms with Crippen LogP contribution in [0, 0.1) is 5.82 Å². The Balaban J connectivity index is 1.30. The molecule has 158 valence electrons. The Morgan fingerprint density at radius 1 is 1.27 bits per heavy atom. The van der Waals surface area contributed by atoms with E-state index in [9.17, 15) is 9.18 Å². The standard InChI is InChI=1S/C22H24FN3O2S2/c1-14-11-26(12-15(2)28-14)19-8-7-16(9-17(19)23)10-24-21(27)13-29-22-25-18-5-3-4-6-20(18)30-22/h3-9,14-15H,10-13H2,1-2H3,(H,24,27). The SMILES string of the molecule is CC1CN(c2ccc(CNC(=O)CSc3nc4ccccc4s3)cc2F)CC(C)O1. The van der Waals surface area contributed by atoms with E-state index in [4.69, 9.17) is 4.74 Å². The second-order valence-electron chi connectivity index (χ2n) is 7.46. The van der Waals surface area contributed by atoms with Gasteiger partial charge in [-0.05, 0) is 43.7 Å². The number of hydrogen-bond donors (Lipinski definition) is 1. The lowest BCUT2D eigenvalue weighted by Gasteiger charge is -2.37. The fourth-order valence-electron chi connectivity index (χ4n) is 3.58. The van der Waals surface area contributed by atoms with Crippen molar-refractivity contribution in [2.45, 2.75) is 36.9 Å². The van der Waals surface area contributed by atoms with Crippen molar-refractivity contribution < 1.29 is 13.9 Å². The number of benzene rings is 2. The van der Waals surface area contributed by atoms with Crippen molar-refractivity contribution in [3.8, 4) is 0 Å². The number of thiazole rings is 1. The van der Waals surface area contributed by atoms with Crippen molar-refractivity contribution in [2.75, 3.05) is 23.7 Å². The molecule has 0 aliphatic carbocycles. The molecule has 1 aliphatic rings. The molecule has 0 bridgehead atoms. The number of hydrogen-bond acceptors (Lipinski definition) is 6. The molecule has 2 atom stereocenters. The molecular weight excluding hydrogens is 421 g/mol. The average molecular weight is 446 g/mol. The largest absolute Gasteiger partial charge is 0.372 e. The van der Waals surface area contributed by atoms with Crippen molar-refractivity contribution in [1.82, 2.24) is 10.3 Å². The minimum absolute atomic E-state index is 0.0695. The molecule has 4 rings (SSSR count). The Hall–Kier alpha value is -2.16. The number of fused-ring (bicyclic) bond motifs is 1. The maximum Gasteiger partial charge on any atom is 0.230 e. The van der Waals surface area contributed by atoms with Gasteiger partial charge in [-0.25, -0.2) is 9.37 Å². The van der Waals surface area contributed by atoms with Crippen molar-refractivity contribution in [2.24, 2.45) is 0 Å². The van der Waals surface area contributed by atoms with Crippen LogP contribution in [0.1, 0.15) is 19.4 Å². The molecule has 2 unspecified atom stereocenters. The Morgan fingerprint density at radius 3 is 2.77 bits per heavy atom. The van der Waals surface area contributed by atoms with Gasteiger partial charge in [0.25, 0.3) is 0 Å². The number of carbonyl (C=O) groups excluding carboxylic acids is 1. The van der Waals surface area contributed by atoms with Crippen LogP contribution in [0.4, 0.5) is 10.1 Å². The van der Waals surface area contributed by atoms with Crippen LogP contribution in [0.3, 0.4) is 0 Å². The minimum atomic E-state index is -0.271. The van der Waals surface area contributed by atoms with Gasteiger partial charge in [-0.1, -0.05) is 30.0 Å². The topological polar surface area (TPSA) is 54.5 Å². The van der Waals surface area contributed by atoms with E-state index < -0.39 is 0 Å². The van der Waals surface area contributed by atoms with E-state index in [2.05, 4.69) is 10.3 Å². The number of thioether (sulfide) groups is 1. The highest BCUT2D eigenvalue weighted by Crippen LogP contribution is 2.29. The summed E-state index contributed by atoms with van der Waals surface area (Å²) >= 11 is 3.00. The zero-order chi connectivity index (χ0) is 21.1. The minimum Gasteiger partial charge on any atom is -0.372 e. The number of amides is 1. The van der Waals surface area contributed by atoms with E-state index in [-0.39, 0.29) is 29.7 Å². The van der Waals surface area contributed by atoms with Crippen LogP contribution in [0.5, 0.6) is 0 Å². The van der Waals surface area contributed by atoms with Gasteiger partial charge in [0.15, 0.2) is 4.34 Å². The highest BCUT2D eigenvalue weighted by atomic mass is 32.2. The predicted octanol–water partition coefficient (Wildman–Crippen LogP) is 4.46. The van der Waals surface area contributed by atoms with Crippen LogP contribution in [0.15, 0.2) is 46.8 Å². The van der Waals surface area contributed by atoms with Crippen LogP contribution in [0.2, 0.25) is 0 Å². The molecule has 3 aromatic rings. The van der Waals surface area contributed by atoms with E-state index in [0.717, 1.165) is 20.1 Å². The van der Waals surface area contributed by atoms with Gasteiger partial charge in [-0.2, -0.15) is 0 Å². The second-order valence-corrected chi connectivity index (χ2v) is 9.71. The molecule has 1 N–H and O–H groups in total. The maximum atomic E-state index is 14.7. The van der Waals surface area contributed by atoms with Crippen LogP contribution in [-0.2, 0) is 16.1 Å². The quantitative estimate of drug-likeness (QED) is 0.568. The third-order valence-corrected chi connectivity index (χ3v) is 7.04. The molecule has 0 saturated carbocycles. The number of nitrogens with zero attached hydrogens (tertiary/aromatic N) is 2. The fourth-order valence-corrected chi connectivity index (χ4v) is 5.48. The molecule has 1 amide bonds. The van der Waals surface area contributed by atoms with Crippen LogP contribution >= 0.6 is 23.1 Å². The van der Waals surface area contributed by atoms with Gasteiger partial charge in [0.05, 0.1) is 33.9 Å². The molecule has 0 radical (unpaired) electrons. The lowest BCUT2D eigenvalue weighted by Crippen LogP contribution is -2.45. The summed E-state index contributed by atoms with van der Waals surface area (Å²) in [5, 5.41) is 2.86. The molecule has 1 fully saturated rings. The smallest absolute Gasteiger partial charge is 0.230 e. The number of ether oxygens (including phenoxy) is 1. The van der Waals surface area contributed by atoms with E-state index >= 15 is 0 Å². The normalized spacial score (nSPS) is 19.2. The molecule has 1 saturated heterocycles. The average Bonchev–Trinajstić information content (AvgIpc) is 3.13. The first-order chi connectivity index (χ1) is 14.5. The first-order valence-electron chi connectivity index (χ1n) is 9.92. The Kier molecular flexibility index (Phi) is 6.55. The second kappa shape index (κ2) is 9.32. The number of carbonyl (C=O) groups is 1. The summed E-state index contributed by atoms with van der Waals surface area (Å²) in [6.45, 7) is 5.63. The number of aromatic nitrogens is 1. The summed E-state index contributed by atoms with van der Waals surface area (Å²) in [6, 6.07) is 13.1. The van der Waals surface area contributed by atoms with E-state index in [1.165, 1.54) is 17.8 Å². The van der Waals surface area contributed by atoms with Crippen molar-refractivity contribution in [3.63, 3.8) is 0 Å². The van der Waals surface area contributed by atoms with Gasteiger partial charge >= 0.3 is 0 Å². The zero-order valence-corrected chi connectivity index (χ0v) is 18.6. The fraction of sp³-hybridized carbons (Fsp3) is 0.364. The summed E-state index contributed by atoms with van der Waals surface area (Å²) in [4.78, 5) is 18.7.